The molecule has 0 aromatic carbocycles. The summed E-state index contributed by atoms with van der Waals surface area (Å²) in [6, 6.07) is 0. The molecule has 2 N–H and O–H groups in total. The Morgan fingerprint density at radius 2 is 1.68 bits per heavy atom. The molecule has 0 radical (unpaired) electrons. The van der Waals surface area contributed by atoms with Crippen LogP contribution in [-0.2, 0) is 14.8 Å². The van der Waals surface area contributed by atoms with Crippen molar-refractivity contribution in [2.75, 3.05) is 6.54 Å². The highest BCUT2D eigenvalue weighted by Crippen LogP contribution is 2.36. The minimum absolute atomic E-state index is 0.0567. The SMILES string of the molecule is O=C(O)C1(CNS(=O)(=O)C2CCCC2)CCCCC1. The van der Waals surface area contributed by atoms with Crippen molar-refractivity contribution in [3.63, 3.8) is 0 Å². The molecule has 2 aliphatic carbocycles. The van der Waals surface area contributed by atoms with Gasteiger partial charge in [-0.1, -0.05) is 32.1 Å². The van der Waals surface area contributed by atoms with Gasteiger partial charge in [-0.3, -0.25) is 4.79 Å². The van der Waals surface area contributed by atoms with E-state index in [0.29, 0.717) is 25.7 Å². The topological polar surface area (TPSA) is 83.5 Å². The van der Waals surface area contributed by atoms with Gasteiger partial charge in [-0.15, -0.1) is 0 Å². The first kappa shape index (κ1) is 14.8. The Morgan fingerprint density at radius 3 is 2.21 bits per heavy atom. The van der Waals surface area contributed by atoms with Crippen molar-refractivity contribution in [2.45, 2.75) is 63.0 Å². The van der Waals surface area contributed by atoms with Crippen molar-refractivity contribution in [1.82, 2.24) is 4.72 Å². The molecule has 0 spiro atoms. The maximum atomic E-state index is 12.1. The summed E-state index contributed by atoms with van der Waals surface area (Å²) in [5.41, 5.74) is -0.885. The van der Waals surface area contributed by atoms with Gasteiger partial charge in [-0.25, -0.2) is 13.1 Å². The molecule has 2 rings (SSSR count). The van der Waals surface area contributed by atoms with Crippen molar-refractivity contribution in [1.29, 1.82) is 0 Å². The van der Waals surface area contributed by atoms with Gasteiger partial charge >= 0.3 is 5.97 Å². The number of nitrogens with one attached hydrogen (secondary N) is 1. The van der Waals surface area contributed by atoms with Crippen molar-refractivity contribution in [3.8, 4) is 0 Å². The van der Waals surface area contributed by atoms with E-state index < -0.39 is 21.4 Å². The van der Waals surface area contributed by atoms with E-state index in [4.69, 9.17) is 0 Å². The summed E-state index contributed by atoms with van der Waals surface area (Å²) in [6.45, 7) is 0.0567. The number of carboxylic acid groups (broad SMARTS) is 1. The van der Waals surface area contributed by atoms with Crippen LogP contribution >= 0.6 is 0 Å². The molecule has 0 aliphatic heterocycles. The molecule has 110 valence electrons. The van der Waals surface area contributed by atoms with Crippen LogP contribution in [0.15, 0.2) is 0 Å². The first-order valence-corrected chi connectivity index (χ1v) is 8.73. The van der Waals surface area contributed by atoms with Crippen LogP contribution in [0.4, 0.5) is 0 Å². The van der Waals surface area contributed by atoms with Crippen LogP contribution in [0.25, 0.3) is 0 Å². The smallest absolute Gasteiger partial charge is 0.310 e. The Balaban J connectivity index is 2.00. The van der Waals surface area contributed by atoms with Crippen molar-refractivity contribution in [2.24, 2.45) is 5.41 Å². The number of carbonyl (C=O) groups is 1. The highest BCUT2D eigenvalue weighted by Gasteiger charge is 2.41. The minimum atomic E-state index is -3.34. The third kappa shape index (κ3) is 3.28. The van der Waals surface area contributed by atoms with Crippen molar-refractivity contribution in [3.05, 3.63) is 0 Å². The predicted molar refractivity (Wildman–Crippen MR) is 72.3 cm³/mol. The highest BCUT2D eigenvalue weighted by atomic mass is 32.2. The summed E-state index contributed by atoms with van der Waals surface area (Å²) in [4.78, 5) is 11.5. The fraction of sp³-hybridized carbons (Fsp3) is 0.923. The van der Waals surface area contributed by atoms with Gasteiger partial charge in [0.15, 0.2) is 0 Å². The molecule has 0 bridgehead atoms. The Kier molecular flexibility index (Phi) is 4.50. The number of hydrogen-bond donors (Lipinski definition) is 2. The zero-order valence-corrected chi connectivity index (χ0v) is 12.0. The lowest BCUT2D eigenvalue weighted by Crippen LogP contribution is -2.46. The number of sulfonamides is 1. The zero-order valence-electron chi connectivity index (χ0n) is 11.2. The fourth-order valence-corrected chi connectivity index (χ4v) is 4.92. The maximum Gasteiger partial charge on any atom is 0.310 e. The van der Waals surface area contributed by atoms with E-state index in [-0.39, 0.29) is 11.8 Å². The Hall–Kier alpha value is -0.620. The lowest BCUT2D eigenvalue weighted by Gasteiger charge is -2.33. The van der Waals surface area contributed by atoms with E-state index in [0.717, 1.165) is 32.1 Å². The maximum absolute atomic E-state index is 12.1. The summed E-state index contributed by atoms with van der Waals surface area (Å²) in [7, 11) is -3.34. The molecule has 0 atom stereocenters. The monoisotopic (exact) mass is 289 g/mol. The summed E-state index contributed by atoms with van der Waals surface area (Å²) >= 11 is 0. The number of carboxylic acids is 1. The second-order valence-corrected chi connectivity index (χ2v) is 7.96. The molecule has 6 heteroatoms. The largest absolute Gasteiger partial charge is 0.481 e. The van der Waals surface area contributed by atoms with Crippen LogP contribution in [0.3, 0.4) is 0 Å². The minimum Gasteiger partial charge on any atom is -0.481 e. The van der Waals surface area contributed by atoms with E-state index in [1.54, 1.807) is 0 Å². The Morgan fingerprint density at radius 1 is 1.11 bits per heavy atom. The summed E-state index contributed by atoms with van der Waals surface area (Å²) in [5, 5.41) is 9.10. The molecule has 2 fully saturated rings. The van der Waals surface area contributed by atoms with E-state index >= 15 is 0 Å². The molecule has 2 aliphatic rings. The fourth-order valence-electron chi connectivity index (χ4n) is 3.25. The van der Waals surface area contributed by atoms with Gasteiger partial charge in [0.05, 0.1) is 10.7 Å². The van der Waals surface area contributed by atoms with Gasteiger partial charge < -0.3 is 5.11 Å². The zero-order chi connectivity index (χ0) is 13.9. The number of aliphatic carboxylic acids is 1. The quantitative estimate of drug-likeness (QED) is 0.809. The van der Waals surface area contributed by atoms with E-state index in [1.807, 2.05) is 0 Å². The van der Waals surface area contributed by atoms with Gasteiger partial charge in [-0.2, -0.15) is 0 Å². The van der Waals surface area contributed by atoms with Gasteiger partial charge in [0.2, 0.25) is 10.0 Å². The highest BCUT2D eigenvalue weighted by molar-refractivity contribution is 7.90. The average Bonchev–Trinajstić information content (AvgIpc) is 2.92. The normalized spacial score (nSPS) is 24.4. The van der Waals surface area contributed by atoms with Crippen LogP contribution in [0, 0.1) is 5.41 Å². The third-order valence-electron chi connectivity index (χ3n) is 4.62. The lowest BCUT2D eigenvalue weighted by molar-refractivity contribution is -0.150. The van der Waals surface area contributed by atoms with E-state index in [1.165, 1.54) is 0 Å². The molecular weight excluding hydrogens is 266 g/mol. The van der Waals surface area contributed by atoms with Crippen LogP contribution in [-0.4, -0.2) is 31.3 Å². The molecule has 0 unspecified atom stereocenters. The average molecular weight is 289 g/mol. The Bertz CT molecular complexity index is 420. The third-order valence-corrected chi connectivity index (χ3v) is 6.51. The molecule has 0 amide bonds. The van der Waals surface area contributed by atoms with Gasteiger partial charge in [-0.05, 0) is 25.7 Å². The Labute approximate surface area is 114 Å². The lowest BCUT2D eigenvalue weighted by atomic mass is 9.74. The van der Waals surface area contributed by atoms with Gasteiger partial charge in [0, 0.05) is 6.54 Å². The molecule has 0 aromatic rings. The second-order valence-electron chi connectivity index (χ2n) is 5.92. The molecule has 0 heterocycles. The summed E-state index contributed by atoms with van der Waals surface area (Å²) in [6.07, 6.45) is 7.26. The van der Waals surface area contributed by atoms with Crippen LogP contribution < -0.4 is 4.72 Å². The van der Waals surface area contributed by atoms with Gasteiger partial charge in [0.25, 0.3) is 0 Å². The molecular formula is C13H23NO4S. The number of hydrogen-bond acceptors (Lipinski definition) is 3. The second kappa shape index (κ2) is 5.79. The van der Waals surface area contributed by atoms with Crippen LogP contribution in [0.2, 0.25) is 0 Å². The van der Waals surface area contributed by atoms with Crippen LogP contribution in [0.1, 0.15) is 57.8 Å². The molecule has 5 nitrogen and oxygen atoms in total. The van der Waals surface area contributed by atoms with Crippen LogP contribution in [0.5, 0.6) is 0 Å². The predicted octanol–water partition coefficient (Wildman–Crippen LogP) is 1.88. The molecule has 19 heavy (non-hydrogen) atoms. The molecule has 2 saturated carbocycles. The first-order valence-electron chi connectivity index (χ1n) is 7.18. The summed E-state index contributed by atoms with van der Waals surface area (Å²) < 4.78 is 26.9. The van der Waals surface area contributed by atoms with Gasteiger partial charge in [0.1, 0.15) is 0 Å². The van der Waals surface area contributed by atoms with E-state index in [9.17, 15) is 18.3 Å². The van der Waals surface area contributed by atoms with Crippen molar-refractivity contribution < 1.29 is 18.3 Å². The van der Waals surface area contributed by atoms with Crippen molar-refractivity contribution >= 4 is 16.0 Å². The molecule has 0 aromatic heterocycles. The molecule has 0 saturated heterocycles. The summed E-state index contributed by atoms with van der Waals surface area (Å²) in [5.74, 6) is -0.860. The first-order chi connectivity index (χ1) is 8.96. The standard InChI is InChI=1S/C13H23NO4S/c15-12(16)13(8-4-1-5-9-13)10-14-19(17,18)11-6-2-3-7-11/h11,14H,1-10H2,(H,15,16). The van der Waals surface area contributed by atoms with E-state index in [2.05, 4.69) is 4.72 Å². The number of rotatable bonds is 5.